The molecule has 2 rings (SSSR count). The number of pyridine rings is 1. The summed E-state index contributed by atoms with van der Waals surface area (Å²) in [7, 11) is 3.08. The zero-order valence-electron chi connectivity index (χ0n) is 11.8. The Bertz CT molecular complexity index is 591. The topological polar surface area (TPSA) is 60.5 Å². The lowest BCUT2D eigenvalue weighted by Crippen LogP contribution is -2.43. The number of hydrogen-bond donors (Lipinski definition) is 1. The average molecular weight is 274 g/mol. The Morgan fingerprint density at radius 2 is 1.90 bits per heavy atom. The largest absolute Gasteiger partial charge is 0.354 e. The molecule has 0 saturated heterocycles. The quantitative estimate of drug-likeness (QED) is 0.847. The highest BCUT2D eigenvalue weighted by Crippen LogP contribution is 2.16. The van der Waals surface area contributed by atoms with Gasteiger partial charge in [-0.05, 0) is 19.1 Å². The number of hydrogen-bond acceptors (Lipinski definition) is 4. The highest BCUT2D eigenvalue weighted by Gasteiger charge is 2.20. The van der Waals surface area contributed by atoms with Gasteiger partial charge >= 0.3 is 0 Å². The molecular formula is C15H18N2O3. The zero-order chi connectivity index (χ0) is 14.5. The van der Waals surface area contributed by atoms with E-state index in [1.165, 1.54) is 14.2 Å². The first-order chi connectivity index (χ1) is 9.67. The number of rotatable bonds is 5. The Morgan fingerprint density at radius 3 is 2.60 bits per heavy atom. The summed E-state index contributed by atoms with van der Waals surface area (Å²) in [5.74, 6) is -0.194. The molecule has 1 unspecified atom stereocenters. The molecule has 0 bridgehead atoms. The second kappa shape index (κ2) is 6.45. The summed E-state index contributed by atoms with van der Waals surface area (Å²) in [6, 6.07) is 9.03. The van der Waals surface area contributed by atoms with Gasteiger partial charge in [0, 0.05) is 25.8 Å². The van der Waals surface area contributed by atoms with E-state index < -0.39 is 6.29 Å². The number of carbonyl (C=O) groups is 1. The van der Waals surface area contributed by atoms with Crippen molar-refractivity contribution >= 4 is 16.8 Å². The number of para-hydroxylation sites is 1. The van der Waals surface area contributed by atoms with E-state index in [1.54, 1.807) is 12.3 Å². The molecule has 1 aromatic carbocycles. The lowest BCUT2D eigenvalue weighted by atomic mass is 10.1. The van der Waals surface area contributed by atoms with E-state index >= 15 is 0 Å². The van der Waals surface area contributed by atoms with Crippen LogP contribution in [0.15, 0.2) is 36.5 Å². The van der Waals surface area contributed by atoms with Crippen molar-refractivity contribution in [2.24, 2.45) is 0 Å². The summed E-state index contributed by atoms with van der Waals surface area (Å²) < 4.78 is 10.3. The third kappa shape index (κ3) is 2.95. The van der Waals surface area contributed by atoms with E-state index in [9.17, 15) is 4.79 Å². The van der Waals surface area contributed by atoms with Crippen LogP contribution in [0.5, 0.6) is 0 Å². The lowest BCUT2D eigenvalue weighted by molar-refractivity contribution is -0.117. The molecule has 2 aromatic rings. The van der Waals surface area contributed by atoms with Crippen LogP contribution >= 0.6 is 0 Å². The summed E-state index contributed by atoms with van der Waals surface area (Å²) in [4.78, 5) is 16.6. The molecule has 0 spiro atoms. The van der Waals surface area contributed by atoms with Crippen molar-refractivity contribution in [1.29, 1.82) is 0 Å². The van der Waals surface area contributed by atoms with Crippen LogP contribution in [-0.4, -0.2) is 37.4 Å². The maximum Gasteiger partial charge on any atom is 0.253 e. The second-order valence-corrected chi connectivity index (χ2v) is 4.48. The van der Waals surface area contributed by atoms with Crippen molar-refractivity contribution in [2.45, 2.75) is 19.3 Å². The molecule has 5 heteroatoms. The van der Waals surface area contributed by atoms with Gasteiger partial charge in [0.25, 0.3) is 5.91 Å². The SMILES string of the molecule is COC(OC)C(C)NC(=O)c1cccc2cccnc12. The average Bonchev–Trinajstić information content (AvgIpc) is 2.47. The molecule has 1 atom stereocenters. The third-order valence-corrected chi connectivity index (χ3v) is 3.11. The van der Waals surface area contributed by atoms with E-state index in [-0.39, 0.29) is 11.9 Å². The fourth-order valence-electron chi connectivity index (χ4n) is 2.14. The van der Waals surface area contributed by atoms with Crippen LogP contribution in [0.2, 0.25) is 0 Å². The highest BCUT2D eigenvalue weighted by atomic mass is 16.7. The number of amides is 1. The highest BCUT2D eigenvalue weighted by molar-refractivity contribution is 6.05. The Hall–Kier alpha value is -1.98. The molecule has 0 aliphatic heterocycles. The molecular weight excluding hydrogens is 256 g/mol. The number of aromatic nitrogens is 1. The minimum atomic E-state index is -0.484. The van der Waals surface area contributed by atoms with Gasteiger partial charge in [-0.1, -0.05) is 18.2 Å². The molecule has 1 N–H and O–H groups in total. The standard InChI is InChI=1S/C15H18N2O3/c1-10(15(19-2)20-3)17-14(18)12-8-4-6-11-7-5-9-16-13(11)12/h4-10,15H,1-3H3,(H,17,18). The fourth-order valence-corrected chi connectivity index (χ4v) is 2.14. The van der Waals surface area contributed by atoms with Crippen LogP contribution in [0.4, 0.5) is 0 Å². The van der Waals surface area contributed by atoms with Gasteiger partial charge < -0.3 is 14.8 Å². The maximum absolute atomic E-state index is 12.3. The van der Waals surface area contributed by atoms with Crippen molar-refractivity contribution in [3.05, 3.63) is 42.1 Å². The van der Waals surface area contributed by atoms with Gasteiger partial charge in [0.05, 0.1) is 17.1 Å². The molecule has 20 heavy (non-hydrogen) atoms. The Morgan fingerprint density at radius 1 is 1.20 bits per heavy atom. The van der Waals surface area contributed by atoms with E-state index in [0.717, 1.165) is 5.39 Å². The van der Waals surface area contributed by atoms with Crippen molar-refractivity contribution in [1.82, 2.24) is 10.3 Å². The van der Waals surface area contributed by atoms with Gasteiger partial charge in [0.15, 0.2) is 6.29 Å². The number of fused-ring (bicyclic) bond motifs is 1. The molecule has 1 amide bonds. The van der Waals surface area contributed by atoms with Crippen molar-refractivity contribution < 1.29 is 14.3 Å². The first kappa shape index (κ1) is 14.4. The van der Waals surface area contributed by atoms with Gasteiger partial charge in [-0.25, -0.2) is 0 Å². The number of methoxy groups -OCH3 is 2. The molecule has 0 radical (unpaired) electrons. The van der Waals surface area contributed by atoms with Crippen LogP contribution in [0, 0.1) is 0 Å². The first-order valence-corrected chi connectivity index (χ1v) is 6.37. The van der Waals surface area contributed by atoms with Crippen LogP contribution in [0.1, 0.15) is 17.3 Å². The number of nitrogens with zero attached hydrogens (tertiary/aromatic N) is 1. The predicted octanol–water partition coefficient (Wildman–Crippen LogP) is 1.97. The number of nitrogens with one attached hydrogen (secondary N) is 1. The minimum absolute atomic E-state index is 0.194. The van der Waals surface area contributed by atoms with E-state index in [4.69, 9.17) is 9.47 Å². The Labute approximate surface area is 117 Å². The van der Waals surface area contributed by atoms with Gasteiger partial charge in [-0.3, -0.25) is 9.78 Å². The predicted molar refractivity (Wildman–Crippen MR) is 76.5 cm³/mol. The number of carbonyl (C=O) groups excluding carboxylic acids is 1. The maximum atomic E-state index is 12.3. The lowest BCUT2D eigenvalue weighted by Gasteiger charge is -2.22. The molecule has 0 saturated carbocycles. The van der Waals surface area contributed by atoms with Crippen LogP contribution < -0.4 is 5.32 Å². The van der Waals surface area contributed by atoms with Crippen molar-refractivity contribution in [2.75, 3.05) is 14.2 Å². The Balaban J connectivity index is 2.24. The summed E-state index contributed by atoms with van der Waals surface area (Å²) in [6.45, 7) is 1.83. The first-order valence-electron chi connectivity index (χ1n) is 6.37. The molecule has 106 valence electrons. The summed E-state index contributed by atoms with van der Waals surface area (Å²) >= 11 is 0. The summed E-state index contributed by atoms with van der Waals surface area (Å²) in [5.41, 5.74) is 1.23. The minimum Gasteiger partial charge on any atom is -0.354 e. The number of benzene rings is 1. The third-order valence-electron chi connectivity index (χ3n) is 3.11. The molecule has 1 aromatic heterocycles. The zero-order valence-corrected chi connectivity index (χ0v) is 11.8. The molecule has 0 fully saturated rings. The van der Waals surface area contributed by atoms with E-state index in [1.807, 2.05) is 31.2 Å². The summed E-state index contributed by atoms with van der Waals surface area (Å²) in [5, 5.41) is 3.79. The monoisotopic (exact) mass is 274 g/mol. The number of ether oxygens (including phenoxy) is 2. The van der Waals surface area contributed by atoms with Gasteiger partial charge in [0.2, 0.25) is 0 Å². The van der Waals surface area contributed by atoms with Gasteiger partial charge in [0.1, 0.15) is 0 Å². The van der Waals surface area contributed by atoms with Crippen LogP contribution in [0.25, 0.3) is 10.9 Å². The van der Waals surface area contributed by atoms with Crippen molar-refractivity contribution in [3.63, 3.8) is 0 Å². The fraction of sp³-hybridized carbons (Fsp3) is 0.333. The smallest absolute Gasteiger partial charge is 0.253 e. The molecule has 0 aliphatic carbocycles. The van der Waals surface area contributed by atoms with Gasteiger partial charge in [-0.15, -0.1) is 0 Å². The normalized spacial score (nSPS) is 12.6. The van der Waals surface area contributed by atoms with Crippen LogP contribution in [-0.2, 0) is 9.47 Å². The second-order valence-electron chi connectivity index (χ2n) is 4.48. The summed E-state index contributed by atoms with van der Waals surface area (Å²) in [6.07, 6.45) is 1.19. The van der Waals surface area contributed by atoms with E-state index in [0.29, 0.717) is 11.1 Å². The van der Waals surface area contributed by atoms with Crippen LogP contribution in [0.3, 0.4) is 0 Å². The molecule has 0 aliphatic rings. The van der Waals surface area contributed by atoms with Crippen molar-refractivity contribution in [3.8, 4) is 0 Å². The Kier molecular flexibility index (Phi) is 4.65. The molecule has 1 heterocycles. The van der Waals surface area contributed by atoms with E-state index in [2.05, 4.69) is 10.3 Å². The van der Waals surface area contributed by atoms with Gasteiger partial charge in [-0.2, -0.15) is 0 Å². The molecule has 5 nitrogen and oxygen atoms in total.